The molecule has 0 rings (SSSR count). The van der Waals surface area contributed by atoms with Gasteiger partial charge in [-0.3, -0.25) is 0 Å². The van der Waals surface area contributed by atoms with Crippen LogP contribution in [0.25, 0.3) is 0 Å². The maximum absolute atomic E-state index is 10.2. The largest absolute Gasteiger partial charge is 2.00 e. The van der Waals surface area contributed by atoms with Crippen LogP contribution in [0.4, 0.5) is 0 Å². The van der Waals surface area contributed by atoms with Crippen LogP contribution in [0.5, 0.6) is 0 Å². The second-order valence-electron chi connectivity index (χ2n) is 36.4. The van der Waals surface area contributed by atoms with E-state index in [1.54, 1.807) is 0 Å². The molecule has 0 fully saturated rings. The molecule has 0 aliphatic rings. The zero-order valence-electron chi connectivity index (χ0n) is 86.5. The van der Waals surface area contributed by atoms with Gasteiger partial charge in [0.25, 0.3) is 0 Å². The van der Waals surface area contributed by atoms with Crippen molar-refractivity contribution >= 4 is 73.6 Å². The minimum absolute atomic E-state index is 0. The molecule has 0 unspecified atom stereocenters. The second kappa shape index (κ2) is 146. The molecule has 0 saturated heterocycles. The van der Waals surface area contributed by atoms with Gasteiger partial charge in [0.05, 0.1) is 0 Å². The Balaban J connectivity index is -0.000000138. The third-order valence-corrected chi connectivity index (χ3v) is 23.9. The van der Waals surface area contributed by atoms with Crippen LogP contribution < -0.4 is 127 Å². The van der Waals surface area contributed by atoms with Crippen molar-refractivity contribution in [1.82, 2.24) is 0 Å². The fourth-order valence-corrected chi connectivity index (χ4v) is 15.8. The Morgan fingerprint density at radius 1 is 0.120 bits per heavy atom. The normalized spacial score (nSPS) is 10.4. The summed E-state index contributed by atoms with van der Waals surface area (Å²) in [6, 6.07) is 0. The zero-order chi connectivity index (χ0) is 89.3. The minimum Gasteiger partial charge on any atom is -0.550 e. The monoisotopic (exact) mass is 1800 g/mol. The molecule has 0 aromatic carbocycles. The first kappa shape index (κ1) is 149. The SMILES string of the molecule is CCCCCCCCCCCCCCCCCC(=O)[O-].CCCCCCCCCCCCCCCCCC(=O)[O-].CCCCCCCCCCCCCCCCCC(=O)[O-].CCCCCCCCCCCCCCCCCC(=O)[O-].CCCCCCCCCCCCCCCCCC(=O)[O-].CCCCCCCCCCCCCCCCCC(=O)[O-].[Ca+2].[Li+].[Li+].[Na+].[Na+]. The van der Waals surface area contributed by atoms with Gasteiger partial charge < -0.3 is 59.4 Å². The van der Waals surface area contributed by atoms with Crippen LogP contribution in [0.2, 0.25) is 0 Å². The molecule has 125 heavy (non-hydrogen) atoms. The van der Waals surface area contributed by atoms with E-state index in [9.17, 15) is 59.4 Å². The maximum Gasteiger partial charge on any atom is 2.00 e. The number of hydrogen-bond acceptors (Lipinski definition) is 12. The molecule has 0 spiro atoms. The van der Waals surface area contributed by atoms with E-state index in [1.165, 1.54) is 501 Å². The Hall–Kier alpha value is 1.27. The van der Waals surface area contributed by atoms with Crippen molar-refractivity contribution < 1.29 is 156 Å². The molecule has 0 N–H and O–H groups in total. The molecule has 720 valence electrons. The quantitative estimate of drug-likeness (QED) is 0.0408. The van der Waals surface area contributed by atoms with E-state index in [1.807, 2.05) is 0 Å². The number of aliphatic carboxylic acids is 6. The topological polar surface area (TPSA) is 241 Å². The molecule has 12 nitrogen and oxygen atoms in total. The van der Waals surface area contributed by atoms with E-state index in [0.29, 0.717) is 0 Å². The fraction of sp³-hybridized carbons (Fsp3) is 0.944. The maximum atomic E-state index is 10.2. The Bertz CT molecular complexity index is 1590. The van der Waals surface area contributed by atoms with Crippen molar-refractivity contribution in [3.63, 3.8) is 0 Å². The fourth-order valence-electron chi connectivity index (χ4n) is 15.8. The summed E-state index contributed by atoms with van der Waals surface area (Å²) >= 11 is 0. The summed E-state index contributed by atoms with van der Waals surface area (Å²) in [6.07, 6.45) is 119. The van der Waals surface area contributed by atoms with E-state index in [-0.39, 0.29) is 173 Å². The van der Waals surface area contributed by atoms with Gasteiger partial charge in [-0.05, 0) is 77.0 Å². The standard InChI is InChI=1S/6C18H36O2.Ca.2Li.2Na/c6*1-2-3-4-5-6-7-8-9-10-11-12-13-14-15-16-17-18(19)20;;;;;/h6*2-17H2,1H3,(H,19,20);;;;;/q;;;;;;+2;4*+1/p-6. The summed E-state index contributed by atoms with van der Waals surface area (Å²) in [6.45, 7) is 13.6. The number of carboxylic acid groups (broad SMARTS) is 6. The van der Waals surface area contributed by atoms with Crippen molar-refractivity contribution in [3.05, 3.63) is 0 Å². The van der Waals surface area contributed by atoms with Gasteiger partial charge in [0.1, 0.15) is 0 Å². The smallest absolute Gasteiger partial charge is 0.550 e. The third kappa shape index (κ3) is 178. The van der Waals surface area contributed by atoms with E-state index in [2.05, 4.69) is 41.5 Å². The summed E-state index contributed by atoms with van der Waals surface area (Å²) in [5, 5.41) is 61.3. The summed E-state index contributed by atoms with van der Waals surface area (Å²) < 4.78 is 0. The van der Waals surface area contributed by atoms with Gasteiger partial charge in [-0.25, -0.2) is 0 Å². The molecule has 0 radical (unpaired) electrons. The van der Waals surface area contributed by atoms with Gasteiger partial charge in [0, 0.05) is 35.8 Å². The van der Waals surface area contributed by atoms with Gasteiger partial charge in [-0.15, -0.1) is 0 Å². The molecule has 0 atom stereocenters. The summed E-state index contributed by atoms with van der Waals surface area (Å²) in [4.78, 5) is 61.3. The molecule has 0 heterocycles. The average molecular weight is 1800 g/mol. The number of unbranched alkanes of at least 4 members (excludes halogenated alkanes) is 84. The summed E-state index contributed by atoms with van der Waals surface area (Å²) in [5.74, 6) is -5.42. The van der Waals surface area contributed by atoms with Gasteiger partial charge in [-0.1, -0.05) is 581 Å². The molecular formula is C108H210CaLi2Na2O12. The predicted molar refractivity (Wildman–Crippen MR) is 513 cm³/mol. The van der Waals surface area contributed by atoms with Crippen LogP contribution in [0, 0.1) is 0 Å². The zero-order valence-corrected chi connectivity index (χ0v) is 92.7. The predicted octanol–water partition coefficient (Wildman–Crippen LogP) is 17.6. The molecule has 0 aliphatic carbocycles. The van der Waals surface area contributed by atoms with Crippen molar-refractivity contribution in [2.24, 2.45) is 0 Å². The number of rotatable bonds is 96. The molecular weight excluding hydrogens is 1590 g/mol. The van der Waals surface area contributed by atoms with Crippen molar-refractivity contribution in [2.45, 2.75) is 658 Å². The summed E-state index contributed by atoms with van der Waals surface area (Å²) in [5.41, 5.74) is 0. The van der Waals surface area contributed by atoms with Crippen LogP contribution in [0.1, 0.15) is 658 Å². The Morgan fingerprint density at radius 2 is 0.168 bits per heavy atom. The van der Waals surface area contributed by atoms with Gasteiger partial charge in [0.15, 0.2) is 0 Å². The van der Waals surface area contributed by atoms with Crippen LogP contribution >= 0.6 is 0 Å². The second-order valence-corrected chi connectivity index (χ2v) is 36.4. The Kier molecular flexibility index (Phi) is 174. The van der Waals surface area contributed by atoms with Gasteiger partial charge in [-0.2, -0.15) is 0 Å². The van der Waals surface area contributed by atoms with Crippen LogP contribution in [-0.2, 0) is 28.8 Å². The Morgan fingerprint density at radius 3 is 0.216 bits per heavy atom. The van der Waals surface area contributed by atoms with Crippen molar-refractivity contribution in [1.29, 1.82) is 0 Å². The molecule has 0 saturated carbocycles. The Labute approximate surface area is 878 Å². The molecule has 0 aromatic heterocycles. The van der Waals surface area contributed by atoms with Crippen molar-refractivity contribution in [3.8, 4) is 0 Å². The molecule has 0 aliphatic heterocycles. The first-order chi connectivity index (χ1) is 58.6. The van der Waals surface area contributed by atoms with Crippen LogP contribution in [0.3, 0.4) is 0 Å². The van der Waals surface area contributed by atoms with Crippen LogP contribution in [-0.4, -0.2) is 73.6 Å². The minimum atomic E-state index is -0.903. The first-order valence-corrected chi connectivity index (χ1v) is 53.8. The van der Waals surface area contributed by atoms with Crippen LogP contribution in [0.15, 0.2) is 0 Å². The number of carbonyl (C=O) groups excluding carboxylic acids is 6. The molecule has 0 aromatic rings. The number of hydrogen-bond donors (Lipinski definition) is 0. The van der Waals surface area contributed by atoms with E-state index in [0.717, 1.165) is 77.0 Å². The van der Waals surface area contributed by atoms with Crippen molar-refractivity contribution in [2.75, 3.05) is 0 Å². The van der Waals surface area contributed by atoms with E-state index < -0.39 is 35.8 Å². The molecule has 17 heteroatoms. The number of carboxylic acids is 6. The molecule has 0 amide bonds. The van der Waals surface area contributed by atoms with E-state index in [4.69, 9.17) is 0 Å². The molecule has 0 bridgehead atoms. The summed E-state index contributed by atoms with van der Waals surface area (Å²) in [7, 11) is 0. The first-order valence-electron chi connectivity index (χ1n) is 53.8. The van der Waals surface area contributed by atoms with Gasteiger partial charge >= 0.3 is 135 Å². The van der Waals surface area contributed by atoms with Gasteiger partial charge in [0.2, 0.25) is 0 Å². The average Bonchev–Trinajstić information content (AvgIpc) is 1.14. The number of carbonyl (C=O) groups is 6. The third-order valence-electron chi connectivity index (χ3n) is 23.9. The van der Waals surface area contributed by atoms with E-state index >= 15 is 0 Å².